The summed E-state index contributed by atoms with van der Waals surface area (Å²) in [4.78, 5) is 10.5. The van der Waals surface area contributed by atoms with E-state index < -0.39 is 4.92 Å². The van der Waals surface area contributed by atoms with Gasteiger partial charge < -0.3 is 5.32 Å². The summed E-state index contributed by atoms with van der Waals surface area (Å²) in [7, 11) is 0. The molecule has 1 aliphatic rings. The van der Waals surface area contributed by atoms with Crippen LogP contribution in [0.4, 0.5) is 11.4 Å². The zero-order valence-corrected chi connectivity index (χ0v) is 12.5. The molecule has 0 atom stereocenters. The lowest BCUT2D eigenvalue weighted by Crippen LogP contribution is -2.06. The quantitative estimate of drug-likeness (QED) is 0.461. The number of nitro benzene ring substituents is 1. The van der Waals surface area contributed by atoms with Crippen molar-refractivity contribution in [1.29, 1.82) is 0 Å². The van der Waals surface area contributed by atoms with E-state index in [0.717, 1.165) is 19.3 Å². The molecule has 1 aliphatic carbocycles. The van der Waals surface area contributed by atoms with Crippen molar-refractivity contribution in [3.8, 4) is 0 Å². The van der Waals surface area contributed by atoms with E-state index in [0.29, 0.717) is 17.3 Å². The van der Waals surface area contributed by atoms with Gasteiger partial charge in [0, 0.05) is 12.6 Å². The Kier molecular flexibility index (Phi) is 5.26. The second-order valence-electron chi connectivity index (χ2n) is 4.83. The number of halogens is 2. The Morgan fingerprint density at radius 2 is 2.00 bits per heavy atom. The van der Waals surface area contributed by atoms with E-state index in [9.17, 15) is 10.1 Å². The van der Waals surface area contributed by atoms with Gasteiger partial charge in [0.15, 0.2) is 0 Å². The molecule has 0 radical (unpaired) electrons. The molecule has 0 amide bonds. The highest BCUT2D eigenvalue weighted by Gasteiger charge is 2.16. The SMILES string of the molecule is O=[N+]([O-])c1cc(Cl)c(Cl)cc1NCCC1=CCCCC1. The standard InChI is InChI=1S/C14H16Cl2N2O2/c15-11-8-13(14(18(19)20)9-12(11)16)17-7-6-10-4-2-1-3-5-10/h4,8-9,17H,1-3,5-7H2. The Labute approximate surface area is 127 Å². The molecule has 0 unspecified atom stereocenters. The van der Waals surface area contributed by atoms with Crippen molar-refractivity contribution >= 4 is 34.6 Å². The first kappa shape index (κ1) is 15.1. The number of hydrogen-bond donors (Lipinski definition) is 1. The summed E-state index contributed by atoms with van der Waals surface area (Å²) in [6.45, 7) is 0.657. The fourth-order valence-corrected chi connectivity index (χ4v) is 2.64. The minimum absolute atomic E-state index is 0.0444. The Morgan fingerprint density at radius 3 is 2.65 bits per heavy atom. The summed E-state index contributed by atoms with van der Waals surface area (Å²) in [5, 5.41) is 14.6. The van der Waals surface area contributed by atoms with Crippen LogP contribution in [0.2, 0.25) is 10.0 Å². The highest BCUT2D eigenvalue weighted by Crippen LogP contribution is 2.34. The molecular weight excluding hydrogens is 299 g/mol. The van der Waals surface area contributed by atoms with Gasteiger partial charge in [0.25, 0.3) is 5.69 Å². The third-order valence-corrected chi connectivity index (χ3v) is 4.10. The van der Waals surface area contributed by atoms with E-state index in [-0.39, 0.29) is 10.7 Å². The maximum Gasteiger partial charge on any atom is 0.293 e. The predicted octanol–water partition coefficient (Wildman–Crippen LogP) is 5.20. The molecule has 2 rings (SSSR count). The molecule has 0 fully saturated rings. The van der Waals surface area contributed by atoms with Crippen molar-refractivity contribution in [3.05, 3.63) is 43.9 Å². The lowest BCUT2D eigenvalue weighted by molar-refractivity contribution is -0.383. The van der Waals surface area contributed by atoms with E-state index in [1.54, 1.807) is 0 Å². The highest BCUT2D eigenvalue weighted by atomic mass is 35.5. The van der Waals surface area contributed by atoms with Crippen molar-refractivity contribution in [2.45, 2.75) is 32.1 Å². The zero-order chi connectivity index (χ0) is 14.5. The Bertz CT molecular complexity index is 544. The number of nitro groups is 1. The number of rotatable bonds is 5. The summed E-state index contributed by atoms with van der Waals surface area (Å²) >= 11 is 11.7. The number of benzene rings is 1. The number of anilines is 1. The predicted molar refractivity (Wildman–Crippen MR) is 82.8 cm³/mol. The Hall–Kier alpha value is -1.26. The van der Waals surface area contributed by atoms with Gasteiger partial charge in [-0.25, -0.2) is 0 Å². The van der Waals surface area contributed by atoms with Gasteiger partial charge in [0.2, 0.25) is 0 Å². The van der Waals surface area contributed by atoms with Crippen LogP contribution in [0.25, 0.3) is 0 Å². The average molecular weight is 315 g/mol. The molecule has 0 saturated heterocycles. The molecule has 6 heteroatoms. The van der Waals surface area contributed by atoms with Crippen LogP contribution in [0, 0.1) is 10.1 Å². The van der Waals surface area contributed by atoms with Crippen molar-refractivity contribution in [2.75, 3.05) is 11.9 Å². The van der Waals surface area contributed by atoms with Gasteiger partial charge in [-0.2, -0.15) is 0 Å². The van der Waals surface area contributed by atoms with Gasteiger partial charge >= 0.3 is 0 Å². The number of allylic oxidation sites excluding steroid dienone is 1. The molecule has 1 aromatic carbocycles. The van der Waals surface area contributed by atoms with Crippen LogP contribution >= 0.6 is 23.2 Å². The Morgan fingerprint density at radius 1 is 1.25 bits per heavy atom. The van der Waals surface area contributed by atoms with E-state index in [1.165, 1.54) is 30.5 Å². The molecule has 20 heavy (non-hydrogen) atoms. The van der Waals surface area contributed by atoms with Crippen molar-refractivity contribution in [1.82, 2.24) is 0 Å². The molecular formula is C14H16Cl2N2O2. The Balaban J connectivity index is 2.03. The summed E-state index contributed by atoms with van der Waals surface area (Å²) in [5.74, 6) is 0. The molecule has 0 saturated carbocycles. The van der Waals surface area contributed by atoms with Gasteiger partial charge in [-0.05, 0) is 38.2 Å². The van der Waals surface area contributed by atoms with Gasteiger partial charge in [0.05, 0.1) is 15.0 Å². The summed E-state index contributed by atoms with van der Waals surface area (Å²) < 4.78 is 0. The van der Waals surface area contributed by atoms with Crippen molar-refractivity contribution in [2.24, 2.45) is 0 Å². The zero-order valence-electron chi connectivity index (χ0n) is 11.0. The first-order valence-electron chi connectivity index (χ1n) is 6.63. The minimum atomic E-state index is -0.454. The van der Waals surface area contributed by atoms with Crippen LogP contribution in [0.1, 0.15) is 32.1 Å². The third kappa shape index (κ3) is 3.87. The monoisotopic (exact) mass is 314 g/mol. The lowest BCUT2D eigenvalue weighted by atomic mass is 9.97. The minimum Gasteiger partial charge on any atom is -0.379 e. The van der Waals surface area contributed by atoms with E-state index in [2.05, 4.69) is 11.4 Å². The second kappa shape index (κ2) is 6.95. The fourth-order valence-electron chi connectivity index (χ4n) is 2.32. The topological polar surface area (TPSA) is 55.2 Å². The van der Waals surface area contributed by atoms with Gasteiger partial charge in [0.1, 0.15) is 5.69 Å². The van der Waals surface area contributed by atoms with Crippen LogP contribution in [0.3, 0.4) is 0 Å². The normalized spacial score (nSPS) is 14.8. The van der Waals surface area contributed by atoms with Crippen LogP contribution in [-0.4, -0.2) is 11.5 Å². The molecule has 0 aliphatic heterocycles. The highest BCUT2D eigenvalue weighted by molar-refractivity contribution is 6.42. The van der Waals surface area contributed by atoms with Crippen LogP contribution in [0.15, 0.2) is 23.8 Å². The molecule has 1 N–H and O–H groups in total. The molecule has 0 heterocycles. The van der Waals surface area contributed by atoms with Gasteiger partial charge in [-0.3, -0.25) is 10.1 Å². The van der Waals surface area contributed by atoms with Gasteiger partial charge in [-0.15, -0.1) is 0 Å². The van der Waals surface area contributed by atoms with Crippen LogP contribution in [0.5, 0.6) is 0 Å². The summed E-state index contributed by atoms with van der Waals surface area (Å²) in [5.41, 5.74) is 1.80. The molecule has 4 nitrogen and oxygen atoms in total. The first-order chi connectivity index (χ1) is 9.58. The smallest absolute Gasteiger partial charge is 0.293 e. The first-order valence-corrected chi connectivity index (χ1v) is 7.38. The van der Waals surface area contributed by atoms with Crippen LogP contribution < -0.4 is 5.32 Å². The van der Waals surface area contributed by atoms with Crippen molar-refractivity contribution < 1.29 is 4.92 Å². The van der Waals surface area contributed by atoms with E-state index >= 15 is 0 Å². The largest absolute Gasteiger partial charge is 0.379 e. The molecule has 108 valence electrons. The molecule has 0 spiro atoms. The number of nitrogens with one attached hydrogen (secondary N) is 1. The average Bonchev–Trinajstić information content (AvgIpc) is 2.43. The molecule has 0 bridgehead atoms. The molecule has 1 aromatic rings. The van der Waals surface area contributed by atoms with Crippen LogP contribution in [-0.2, 0) is 0 Å². The molecule has 0 aromatic heterocycles. The maximum atomic E-state index is 11.0. The summed E-state index contributed by atoms with van der Waals surface area (Å²) in [6, 6.07) is 2.80. The second-order valence-corrected chi connectivity index (χ2v) is 5.64. The van der Waals surface area contributed by atoms with E-state index in [1.807, 2.05) is 0 Å². The number of hydrogen-bond acceptors (Lipinski definition) is 3. The summed E-state index contributed by atoms with van der Waals surface area (Å²) in [6.07, 6.45) is 7.94. The lowest BCUT2D eigenvalue weighted by Gasteiger charge is -2.13. The van der Waals surface area contributed by atoms with Gasteiger partial charge in [-0.1, -0.05) is 34.9 Å². The maximum absolute atomic E-state index is 11.0. The number of nitrogens with zero attached hydrogens (tertiary/aromatic N) is 1. The van der Waals surface area contributed by atoms with Crippen molar-refractivity contribution in [3.63, 3.8) is 0 Å². The third-order valence-electron chi connectivity index (χ3n) is 3.38. The van der Waals surface area contributed by atoms with E-state index in [4.69, 9.17) is 23.2 Å². The fraction of sp³-hybridized carbons (Fsp3) is 0.429.